The van der Waals surface area contributed by atoms with Crippen molar-refractivity contribution in [2.75, 3.05) is 5.32 Å². The number of nitrogens with zero attached hydrogens (tertiary/aromatic N) is 2. The van der Waals surface area contributed by atoms with Gasteiger partial charge in [0.15, 0.2) is 0 Å². The van der Waals surface area contributed by atoms with E-state index in [-0.39, 0.29) is 5.69 Å². The maximum Gasteiger partial charge on any atom is 0.329 e. The fourth-order valence-corrected chi connectivity index (χ4v) is 3.45. The zero-order valence-corrected chi connectivity index (χ0v) is 17.6. The summed E-state index contributed by atoms with van der Waals surface area (Å²) in [7, 11) is 0. The second-order valence-electron chi connectivity index (χ2n) is 6.42. The number of anilines is 1. The first-order valence-electron chi connectivity index (χ1n) is 8.80. The van der Waals surface area contributed by atoms with Crippen molar-refractivity contribution in [3.05, 3.63) is 81.3 Å². The second-order valence-corrected chi connectivity index (χ2v) is 7.30. The molecule has 0 unspecified atom stereocenters. The lowest BCUT2D eigenvalue weighted by Crippen LogP contribution is -2.32. The maximum atomic E-state index is 13.6. The summed E-state index contributed by atoms with van der Waals surface area (Å²) < 4.78 is 15.5. The van der Waals surface area contributed by atoms with Gasteiger partial charge in [0, 0.05) is 32.7 Å². The number of hydrogen-bond donors (Lipinski definition) is 2. The Bertz CT molecular complexity index is 1140. The molecular weight excluding hydrogens is 430 g/mol. The van der Waals surface area contributed by atoms with Crippen molar-refractivity contribution in [3.63, 3.8) is 0 Å². The van der Waals surface area contributed by atoms with Crippen LogP contribution in [0.3, 0.4) is 0 Å². The van der Waals surface area contributed by atoms with Crippen LogP contribution < -0.4 is 10.7 Å². The van der Waals surface area contributed by atoms with Crippen LogP contribution in [0.1, 0.15) is 17.0 Å². The normalized spacial score (nSPS) is 11.0. The second kappa shape index (κ2) is 9.11. The minimum Gasteiger partial charge on any atom is -0.318 e. The predicted octanol–water partition coefficient (Wildman–Crippen LogP) is 4.63. The van der Waals surface area contributed by atoms with Gasteiger partial charge in [0.1, 0.15) is 5.82 Å². The number of para-hydroxylation sites is 1. The van der Waals surface area contributed by atoms with E-state index in [2.05, 4.69) is 15.8 Å². The van der Waals surface area contributed by atoms with Gasteiger partial charge in [0.2, 0.25) is 0 Å². The third kappa shape index (κ3) is 4.87. The number of hydrogen-bond acceptors (Lipinski definition) is 3. The number of carbonyl (C=O) groups is 2. The molecule has 3 rings (SSSR count). The first kappa shape index (κ1) is 21.5. The molecule has 0 saturated carbocycles. The summed E-state index contributed by atoms with van der Waals surface area (Å²) >= 11 is 12.2. The SMILES string of the molecule is Cc1cc(/C=N\NC(=O)C(=O)Nc2ccccc2F)c(C)n1-c1cc(Cl)cc(Cl)c1. The highest BCUT2D eigenvalue weighted by Crippen LogP contribution is 2.26. The quantitative estimate of drug-likeness (QED) is 0.348. The number of amides is 2. The molecule has 30 heavy (non-hydrogen) atoms. The number of benzene rings is 2. The first-order valence-corrected chi connectivity index (χ1v) is 9.56. The molecule has 1 heterocycles. The highest BCUT2D eigenvalue weighted by molar-refractivity contribution is 6.39. The van der Waals surface area contributed by atoms with Crippen molar-refractivity contribution in [2.24, 2.45) is 5.10 Å². The third-order valence-electron chi connectivity index (χ3n) is 4.27. The van der Waals surface area contributed by atoms with Crippen LogP contribution in [0.2, 0.25) is 10.0 Å². The summed E-state index contributed by atoms with van der Waals surface area (Å²) in [5.41, 5.74) is 5.28. The number of aromatic nitrogens is 1. The number of hydrazone groups is 1. The van der Waals surface area contributed by atoms with Crippen molar-refractivity contribution in [1.29, 1.82) is 0 Å². The van der Waals surface area contributed by atoms with Crippen molar-refractivity contribution in [2.45, 2.75) is 13.8 Å². The number of carbonyl (C=O) groups excluding carboxylic acids is 2. The van der Waals surface area contributed by atoms with E-state index in [1.807, 2.05) is 24.5 Å². The molecule has 2 amide bonds. The Balaban J connectivity index is 1.71. The van der Waals surface area contributed by atoms with E-state index in [0.717, 1.165) is 22.6 Å². The third-order valence-corrected chi connectivity index (χ3v) is 4.71. The molecule has 0 fully saturated rings. The van der Waals surface area contributed by atoms with Crippen LogP contribution in [-0.4, -0.2) is 22.6 Å². The van der Waals surface area contributed by atoms with Crippen LogP contribution in [0.25, 0.3) is 5.69 Å². The molecule has 0 atom stereocenters. The van der Waals surface area contributed by atoms with E-state index >= 15 is 0 Å². The lowest BCUT2D eigenvalue weighted by atomic mass is 10.2. The Morgan fingerprint density at radius 1 is 1.03 bits per heavy atom. The summed E-state index contributed by atoms with van der Waals surface area (Å²) in [5, 5.41) is 7.03. The van der Waals surface area contributed by atoms with Gasteiger partial charge in [0.05, 0.1) is 11.9 Å². The van der Waals surface area contributed by atoms with Crippen molar-refractivity contribution in [1.82, 2.24) is 9.99 Å². The summed E-state index contributed by atoms with van der Waals surface area (Å²) in [5.74, 6) is -2.70. The topological polar surface area (TPSA) is 75.5 Å². The van der Waals surface area contributed by atoms with Crippen LogP contribution in [0.5, 0.6) is 0 Å². The fourth-order valence-electron chi connectivity index (χ4n) is 2.94. The van der Waals surface area contributed by atoms with E-state index in [1.165, 1.54) is 30.5 Å². The van der Waals surface area contributed by atoms with E-state index in [0.29, 0.717) is 10.0 Å². The van der Waals surface area contributed by atoms with Gasteiger partial charge in [-0.05, 0) is 50.2 Å². The molecule has 154 valence electrons. The van der Waals surface area contributed by atoms with Crippen LogP contribution in [-0.2, 0) is 9.59 Å². The molecule has 2 N–H and O–H groups in total. The minimum absolute atomic E-state index is 0.0923. The average molecular weight is 447 g/mol. The number of halogens is 3. The van der Waals surface area contributed by atoms with Crippen molar-refractivity contribution < 1.29 is 14.0 Å². The summed E-state index contributed by atoms with van der Waals surface area (Å²) in [4.78, 5) is 23.8. The number of aryl methyl sites for hydroxylation is 1. The number of nitrogens with one attached hydrogen (secondary N) is 2. The fraction of sp³-hybridized carbons (Fsp3) is 0.0952. The van der Waals surface area contributed by atoms with Crippen molar-refractivity contribution in [3.8, 4) is 5.69 Å². The van der Waals surface area contributed by atoms with Crippen LogP contribution in [0, 0.1) is 19.7 Å². The molecule has 0 radical (unpaired) electrons. The molecule has 0 bridgehead atoms. The standard InChI is InChI=1S/C21H17Cl2FN4O2/c1-12-7-14(13(2)28(12)17-9-15(22)8-16(23)10-17)11-25-27-21(30)20(29)26-19-6-4-3-5-18(19)24/h3-11H,1-2H3,(H,26,29)(H,27,30)/b25-11-. The molecule has 3 aromatic rings. The van der Waals surface area contributed by atoms with Gasteiger partial charge in [-0.15, -0.1) is 0 Å². The summed E-state index contributed by atoms with van der Waals surface area (Å²) in [6, 6.07) is 12.6. The van der Waals surface area contributed by atoms with Gasteiger partial charge in [-0.25, -0.2) is 9.82 Å². The van der Waals surface area contributed by atoms with Gasteiger partial charge < -0.3 is 9.88 Å². The lowest BCUT2D eigenvalue weighted by Gasteiger charge is -2.10. The molecule has 2 aromatic carbocycles. The molecule has 0 aliphatic rings. The lowest BCUT2D eigenvalue weighted by molar-refractivity contribution is -0.136. The zero-order valence-electron chi connectivity index (χ0n) is 16.0. The Kier molecular flexibility index (Phi) is 6.54. The Morgan fingerprint density at radius 3 is 2.37 bits per heavy atom. The molecule has 0 spiro atoms. The first-order chi connectivity index (χ1) is 14.3. The predicted molar refractivity (Wildman–Crippen MR) is 116 cm³/mol. The summed E-state index contributed by atoms with van der Waals surface area (Å²) in [6.45, 7) is 3.77. The Hall–Kier alpha value is -3.16. The Morgan fingerprint density at radius 2 is 1.70 bits per heavy atom. The van der Waals surface area contributed by atoms with Gasteiger partial charge >= 0.3 is 11.8 Å². The maximum absolute atomic E-state index is 13.6. The van der Waals surface area contributed by atoms with Gasteiger partial charge in [-0.1, -0.05) is 35.3 Å². The van der Waals surface area contributed by atoms with E-state index in [1.54, 1.807) is 18.2 Å². The monoisotopic (exact) mass is 446 g/mol. The zero-order chi connectivity index (χ0) is 21.8. The van der Waals surface area contributed by atoms with Gasteiger partial charge in [0.25, 0.3) is 0 Å². The van der Waals surface area contributed by atoms with Crippen molar-refractivity contribution >= 4 is 46.9 Å². The van der Waals surface area contributed by atoms with E-state index in [4.69, 9.17) is 23.2 Å². The van der Waals surface area contributed by atoms with E-state index in [9.17, 15) is 14.0 Å². The van der Waals surface area contributed by atoms with Crippen LogP contribution in [0.4, 0.5) is 10.1 Å². The molecule has 0 aliphatic carbocycles. The number of rotatable bonds is 4. The minimum atomic E-state index is -1.03. The Labute approximate surface area is 182 Å². The highest BCUT2D eigenvalue weighted by atomic mass is 35.5. The molecule has 0 aliphatic heterocycles. The largest absolute Gasteiger partial charge is 0.329 e. The van der Waals surface area contributed by atoms with Gasteiger partial charge in [-0.2, -0.15) is 5.10 Å². The summed E-state index contributed by atoms with van der Waals surface area (Å²) in [6.07, 6.45) is 1.42. The average Bonchev–Trinajstić information content (AvgIpc) is 2.96. The molecule has 6 nitrogen and oxygen atoms in total. The van der Waals surface area contributed by atoms with Crippen LogP contribution in [0.15, 0.2) is 53.6 Å². The molecule has 0 saturated heterocycles. The molecule has 9 heteroatoms. The van der Waals surface area contributed by atoms with Gasteiger partial charge in [-0.3, -0.25) is 9.59 Å². The van der Waals surface area contributed by atoms with Crippen LogP contribution >= 0.6 is 23.2 Å². The highest BCUT2D eigenvalue weighted by Gasteiger charge is 2.15. The molecule has 1 aromatic heterocycles. The molecular formula is C21H17Cl2FN4O2. The van der Waals surface area contributed by atoms with E-state index < -0.39 is 17.6 Å². The smallest absolute Gasteiger partial charge is 0.318 e.